The van der Waals surface area contributed by atoms with Gasteiger partial charge in [0.25, 0.3) is 0 Å². The molecule has 1 atom stereocenters. The lowest BCUT2D eigenvalue weighted by Crippen LogP contribution is -2.36. The second-order valence-corrected chi connectivity index (χ2v) is 7.16. The van der Waals surface area contributed by atoms with Crippen molar-refractivity contribution in [3.63, 3.8) is 0 Å². The van der Waals surface area contributed by atoms with E-state index in [0.717, 1.165) is 5.56 Å². The molecule has 2 aromatic rings. The zero-order valence-corrected chi connectivity index (χ0v) is 13.2. The van der Waals surface area contributed by atoms with Crippen molar-refractivity contribution in [1.82, 2.24) is 4.72 Å². The van der Waals surface area contributed by atoms with E-state index in [1.54, 1.807) is 0 Å². The summed E-state index contributed by atoms with van der Waals surface area (Å²) < 4.78 is 32.8. The van der Waals surface area contributed by atoms with Crippen LogP contribution in [0.25, 0.3) is 0 Å². The maximum Gasteiger partial charge on any atom is 0.240 e. The van der Waals surface area contributed by atoms with E-state index in [1.807, 2.05) is 30.3 Å². The molecular weight excluding hydrogens is 312 g/mol. The highest BCUT2D eigenvalue weighted by atomic mass is 32.2. The molecule has 0 aliphatic carbocycles. The lowest BCUT2D eigenvalue weighted by atomic mass is 9.99. The van der Waals surface area contributed by atoms with Crippen LogP contribution in [-0.4, -0.2) is 21.1 Å². The van der Waals surface area contributed by atoms with Crippen LogP contribution in [0.15, 0.2) is 53.4 Å². The van der Waals surface area contributed by atoms with Crippen LogP contribution < -0.4 is 4.72 Å². The van der Waals surface area contributed by atoms with Crippen molar-refractivity contribution in [2.75, 3.05) is 6.54 Å². The third-order valence-corrected chi connectivity index (χ3v) is 5.27. The number of hydrogen-bond donors (Lipinski definition) is 1. The van der Waals surface area contributed by atoms with Crippen LogP contribution in [0.2, 0.25) is 0 Å². The number of benzene rings is 2. The lowest BCUT2D eigenvalue weighted by molar-refractivity contribution is 0.0322. The maximum atomic E-state index is 12.3. The molecule has 2 aromatic carbocycles. The van der Waals surface area contributed by atoms with Crippen molar-refractivity contribution in [3.05, 3.63) is 65.2 Å². The van der Waals surface area contributed by atoms with Crippen LogP contribution in [0.5, 0.6) is 0 Å². The second kappa shape index (κ2) is 6.50. The molecule has 1 aliphatic heterocycles. The fraction of sp³-hybridized carbons (Fsp3) is 0.235. The van der Waals surface area contributed by atoms with Crippen molar-refractivity contribution in [2.24, 2.45) is 0 Å². The largest absolute Gasteiger partial charge is 0.372 e. The quantitative estimate of drug-likeness (QED) is 0.931. The van der Waals surface area contributed by atoms with Crippen molar-refractivity contribution < 1.29 is 13.2 Å². The highest BCUT2D eigenvalue weighted by Gasteiger charge is 2.21. The normalized spacial score (nSPS) is 17.3. The Bertz CT molecular complexity index is 839. The minimum Gasteiger partial charge on any atom is -0.372 e. The number of fused-ring (bicyclic) bond motifs is 1. The Morgan fingerprint density at radius 1 is 1.13 bits per heavy atom. The second-order valence-electron chi connectivity index (χ2n) is 5.39. The van der Waals surface area contributed by atoms with Gasteiger partial charge in [-0.05, 0) is 35.4 Å². The third-order valence-electron chi connectivity index (χ3n) is 3.84. The first-order valence-electron chi connectivity index (χ1n) is 7.27. The molecule has 118 valence electrons. The molecule has 0 aromatic heterocycles. The molecule has 0 radical (unpaired) electrons. The molecule has 1 aliphatic rings. The first-order valence-corrected chi connectivity index (χ1v) is 8.75. The van der Waals surface area contributed by atoms with Gasteiger partial charge in [0, 0.05) is 13.0 Å². The summed E-state index contributed by atoms with van der Waals surface area (Å²) in [5, 5.41) is 8.75. The van der Waals surface area contributed by atoms with E-state index in [9.17, 15) is 8.42 Å². The summed E-state index contributed by atoms with van der Waals surface area (Å²) in [7, 11) is -3.60. The van der Waals surface area contributed by atoms with Gasteiger partial charge in [-0.15, -0.1) is 0 Å². The minimum absolute atomic E-state index is 0.146. The van der Waals surface area contributed by atoms with E-state index in [2.05, 4.69) is 4.72 Å². The van der Waals surface area contributed by atoms with E-state index in [1.165, 1.54) is 29.8 Å². The van der Waals surface area contributed by atoms with Crippen molar-refractivity contribution in [1.29, 1.82) is 5.26 Å². The third kappa shape index (κ3) is 3.59. The van der Waals surface area contributed by atoms with Gasteiger partial charge in [0.2, 0.25) is 10.0 Å². The van der Waals surface area contributed by atoms with Gasteiger partial charge in [-0.2, -0.15) is 5.26 Å². The minimum atomic E-state index is -3.60. The first-order chi connectivity index (χ1) is 11.1. The molecule has 1 heterocycles. The van der Waals surface area contributed by atoms with Crippen molar-refractivity contribution in [2.45, 2.75) is 24.0 Å². The number of hydrogen-bond acceptors (Lipinski definition) is 4. The van der Waals surface area contributed by atoms with Gasteiger partial charge in [-0.3, -0.25) is 0 Å². The van der Waals surface area contributed by atoms with Crippen LogP contribution in [-0.2, 0) is 27.8 Å². The zero-order chi connectivity index (χ0) is 16.3. The summed E-state index contributed by atoms with van der Waals surface area (Å²) in [6.45, 7) is 0.718. The van der Waals surface area contributed by atoms with Crippen LogP contribution in [0.4, 0.5) is 0 Å². The van der Waals surface area contributed by atoms with Crippen LogP contribution in [0, 0.1) is 11.3 Å². The van der Waals surface area contributed by atoms with Crippen LogP contribution in [0.1, 0.15) is 16.7 Å². The van der Waals surface area contributed by atoms with Gasteiger partial charge in [0.15, 0.2) is 0 Å². The molecule has 6 heteroatoms. The molecule has 0 fully saturated rings. The maximum absolute atomic E-state index is 12.3. The van der Waals surface area contributed by atoms with Gasteiger partial charge in [0.1, 0.15) is 0 Å². The molecular formula is C17H16N2O3S. The van der Waals surface area contributed by atoms with E-state index in [-0.39, 0.29) is 17.5 Å². The smallest absolute Gasteiger partial charge is 0.240 e. The number of sulfonamides is 1. The Labute approximate surface area is 135 Å². The summed E-state index contributed by atoms with van der Waals surface area (Å²) >= 11 is 0. The van der Waals surface area contributed by atoms with Gasteiger partial charge >= 0.3 is 0 Å². The molecule has 0 bridgehead atoms. The predicted molar refractivity (Wildman–Crippen MR) is 85.1 cm³/mol. The number of rotatable bonds is 4. The molecule has 0 spiro atoms. The first kappa shape index (κ1) is 15.7. The zero-order valence-electron chi connectivity index (χ0n) is 12.4. The number of ether oxygens (including phenoxy) is 1. The summed E-state index contributed by atoms with van der Waals surface area (Å²) in [6.07, 6.45) is 0.504. The van der Waals surface area contributed by atoms with Crippen LogP contribution in [0.3, 0.4) is 0 Å². The Kier molecular flexibility index (Phi) is 4.44. The fourth-order valence-electron chi connectivity index (χ4n) is 2.53. The monoisotopic (exact) mass is 328 g/mol. The van der Waals surface area contributed by atoms with E-state index < -0.39 is 10.0 Å². The highest BCUT2D eigenvalue weighted by Crippen LogP contribution is 2.20. The predicted octanol–water partition coefficient (Wildman–Crippen LogP) is 1.98. The van der Waals surface area contributed by atoms with Gasteiger partial charge in [-0.25, -0.2) is 13.1 Å². The molecule has 5 nitrogen and oxygen atoms in total. The summed E-state index contributed by atoms with van der Waals surface area (Å²) in [5.41, 5.74) is 2.77. The van der Waals surface area contributed by atoms with Crippen LogP contribution >= 0.6 is 0 Å². The average Bonchev–Trinajstić information content (AvgIpc) is 2.60. The lowest BCUT2D eigenvalue weighted by Gasteiger charge is -2.25. The summed E-state index contributed by atoms with van der Waals surface area (Å²) in [5.74, 6) is 0. The Balaban J connectivity index is 1.65. The molecule has 0 unspecified atom stereocenters. The average molecular weight is 328 g/mol. The van der Waals surface area contributed by atoms with Gasteiger partial charge in [0.05, 0.1) is 29.2 Å². The van der Waals surface area contributed by atoms with Gasteiger partial charge in [-0.1, -0.05) is 24.3 Å². The molecule has 0 saturated heterocycles. The molecule has 1 N–H and O–H groups in total. The summed E-state index contributed by atoms with van der Waals surface area (Å²) in [6, 6.07) is 15.8. The van der Waals surface area contributed by atoms with E-state index >= 15 is 0 Å². The summed E-state index contributed by atoms with van der Waals surface area (Å²) in [4.78, 5) is 0.146. The molecule has 0 saturated carbocycles. The number of nitrogens with zero attached hydrogens (tertiary/aromatic N) is 1. The standard InChI is InChI=1S/C17H16N2O3S/c18-10-13-5-7-17(8-6-13)23(20,21)19-11-16-9-14-3-1-2-4-15(14)12-22-16/h1-8,16,19H,9,11-12H2/t16-/m0/s1. The molecule has 0 amide bonds. The number of nitriles is 1. The van der Waals surface area contributed by atoms with Gasteiger partial charge < -0.3 is 4.74 Å². The van der Waals surface area contributed by atoms with Crippen molar-refractivity contribution in [3.8, 4) is 6.07 Å². The SMILES string of the molecule is N#Cc1ccc(S(=O)(=O)NC[C@@H]2Cc3ccccc3CO2)cc1. The van der Waals surface area contributed by atoms with E-state index in [0.29, 0.717) is 18.6 Å². The molecule has 23 heavy (non-hydrogen) atoms. The fourth-order valence-corrected chi connectivity index (χ4v) is 3.60. The number of nitrogens with one attached hydrogen (secondary N) is 1. The van der Waals surface area contributed by atoms with Crippen molar-refractivity contribution >= 4 is 10.0 Å². The van der Waals surface area contributed by atoms with E-state index in [4.69, 9.17) is 10.00 Å². The topological polar surface area (TPSA) is 79.2 Å². The Hall–Kier alpha value is -2.20. The Morgan fingerprint density at radius 3 is 2.52 bits per heavy atom. The molecule has 3 rings (SSSR count). The Morgan fingerprint density at radius 2 is 1.83 bits per heavy atom. The highest BCUT2D eigenvalue weighted by molar-refractivity contribution is 7.89.